The average Bonchev–Trinajstić information content (AvgIpc) is 3.39. The van der Waals surface area contributed by atoms with Gasteiger partial charge in [-0.05, 0) is 60.4 Å². The molecule has 2 unspecified atom stereocenters. The van der Waals surface area contributed by atoms with Gasteiger partial charge in [-0.25, -0.2) is 0 Å². The molecule has 1 saturated carbocycles. The number of rotatable bonds is 4. The summed E-state index contributed by atoms with van der Waals surface area (Å²) in [7, 11) is 0. The van der Waals surface area contributed by atoms with E-state index in [-0.39, 0.29) is 25.7 Å². The summed E-state index contributed by atoms with van der Waals surface area (Å²) >= 11 is 0. The molecule has 144 valence electrons. The van der Waals surface area contributed by atoms with Crippen molar-refractivity contribution in [3.63, 3.8) is 0 Å². The van der Waals surface area contributed by atoms with Crippen molar-refractivity contribution in [3.05, 3.63) is 47.5 Å². The Bertz CT molecular complexity index is 849. The van der Waals surface area contributed by atoms with Crippen LogP contribution in [0.25, 0.3) is 0 Å². The van der Waals surface area contributed by atoms with E-state index in [2.05, 4.69) is 0 Å². The lowest BCUT2D eigenvalue weighted by Crippen LogP contribution is -2.27. The number of benzene rings is 2. The van der Waals surface area contributed by atoms with Crippen LogP contribution in [0.1, 0.15) is 36.8 Å². The molecule has 6 heteroatoms. The third-order valence-electron chi connectivity index (χ3n) is 5.32. The highest BCUT2D eigenvalue weighted by Gasteiger charge is 2.23. The highest BCUT2D eigenvalue weighted by molar-refractivity contribution is 5.82. The van der Waals surface area contributed by atoms with E-state index in [4.69, 9.17) is 28.9 Å². The molecular weight excluding hydrogens is 356 g/mol. The van der Waals surface area contributed by atoms with Gasteiger partial charge < -0.3 is 18.9 Å². The molecule has 2 atom stereocenters. The molecule has 0 amide bonds. The molecule has 1 fully saturated rings. The van der Waals surface area contributed by atoms with Crippen LogP contribution in [0.2, 0.25) is 0 Å². The first kappa shape index (κ1) is 17.1. The van der Waals surface area contributed by atoms with Gasteiger partial charge in [0.2, 0.25) is 13.6 Å². The van der Waals surface area contributed by atoms with Gasteiger partial charge in [0.1, 0.15) is 0 Å². The fourth-order valence-electron chi connectivity index (χ4n) is 3.79. The van der Waals surface area contributed by atoms with Crippen LogP contribution in [-0.2, 0) is 0 Å². The van der Waals surface area contributed by atoms with Crippen LogP contribution in [0, 0.1) is 0 Å². The Hall–Kier alpha value is -3.02. The van der Waals surface area contributed by atoms with Crippen molar-refractivity contribution in [2.75, 3.05) is 13.6 Å². The van der Waals surface area contributed by atoms with Gasteiger partial charge in [0, 0.05) is 12.4 Å². The fraction of sp³-hybridized carbons (Fsp3) is 0.364. The second-order valence-corrected chi connectivity index (χ2v) is 7.20. The molecule has 0 spiro atoms. The van der Waals surface area contributed by atoms with Crippen LogP contribution >= 0.6 is 0 Å². The molecule has 1 aliphatic carbocycles. The summed E-state index contributed by atoms with van der Waals surface area (Å²) in [4.78, 5) is 9.70. The first-order valence-corrected chi connectivity index (χ1v) is 9.71. The predicted molar refractivity (Wildman–Crippen MR) is 106 cm³/mol. The molecule has 3 aliphatic rings. The highest BCUT2D eigenvalue weighted by atomic mass is 16.7. The topological polar surface area (TPSA) is 61.6 Å². The lowest BCUT2D eigenvalue weighted by molar-refractivity contribution is 0.173. The molecule has 0 N–H and O–H groups in total. The summed E-state index contributed by atoms with van der Waals surface area (Å²) in [5.74, 6) is 3.15. The van der Waals surface area contributed by atoms with Crippen molar-refractivity contribution < 1.29 is 18.9 Å². The number of nitrogens with zero attached hydrogens (tertiary/aromatic N) is 2. The lowest BCUT2D eigenvalue weighted by atomic mass is 9.91. The molecule has 0 aromatic heterocycles. The SMILES string of the molecule is C(=NC1CCCCC1N=Cc1ccc2c(c1)OCO2)c1ccc2c(c1)OCO2. The highest BCUT2D eigenvalue weighted by Crippen LogP contribution is 2.33. The Kier molecular flexibility index (Phi) is 4.61. The van der Waals surface area contributed by atoms with Crippen molar-refractivity contribution >= 4 is 12.4 Å². The van der Waals surface area contributed by atoms with Crippen LogP contribution in [0.4, 0.5) is 0 Å². The molecule has 2 heterocycles. The van der Waals surface area contributed by atoms with Gasteiger partial charge in [-0.3, -0.25) is 9.98 Å². The minimum atomic E-state index is 0.199. The van der Waals surface area contributed by atoms with Gasteiger partial charge in [0.05, 0.1) is 12.1 Å². The zero-order valence-electron chi connectivity index (χ0n) is 15.5. The first-order valence-electron chi connectivity index (χ1n) is 9.71. The molecule has 2 aliphatic heterocycles. The first-order chi connectivity index (χ1) is 13.8. The maximum atomic E-state index is 5.44. The average molecular weight is 378 g/mol. The molecular formula is C22H22N2O4. The smallest absolute Gasteiger partial charge is 0.231 e. The number of hydrogen-bond donors (Lipinski definition) is 0. The van der Waals surface area contributed by atoms with Crippen LogP contribution in [0.5, 0.6) is 23.0 Å². The van der Waals surface area contributed by atoms with E-state index in [1.807, 2.05) is 48.8 Å². The minimum Gasteiger partial charge on any atom is -0.454 e. The zero-order chi connectivity index (χ0) is 18.8. The van der Waals surface area contributed by atoms with Gasteiger partial charge in [0.15, 0.2) is 23.0 Å². The lowest BCUT2D eigenvalue weighted by Gasteiger charge is -2.25. The summed E-state index contributed by atoms with van der Waals surface area (Å²) < 4.78 is 21.6. The second-order valence-electron chi connectivity index (χ2n) is 7.20. The van der Waals surface area contributed by atoms with Gasteiger partial charge in [0.25, 0.3) is 0 Å². The maximum Gasteiger partial charge on any atom is 0.231 e. The van der Waals surface area contributed by atoms with Crippen molar-refractivity contribution in [1.82, 2.24) is 0 Å². The Labute approximate surface area is 163 Å². The van der Waals surface area contributed by atoms with E-state index >= 15 is 0 Å². The predicted octanol–water partition coefficient (Wildman–Crippen LogP) is 3.99. The zero-order valence-corrected chi connectivity index (χ0v) is 15.5. The summed E-state index contributed by atoms with van der Waals surface area (Å²) in [5, 5.41) is 0. The number of aliphatic imine (C=N–C) groups is 2. The van der Waals surface area contributed by atoms with Crippen LogP contribution in [-0.4, -0.2) is 38.1 Å². The molecule has 0 bridgehead atoms. The van der Waals surface area contributed by atoms with Gasteiger partial charge >= 0.3 is 0 Å². The Morgan fingerprint density at radius 3 is 1.61 bits per heavy atom. The molecule has 2 aromatic carbocycles. The largest absolute Gasteiger partial charge is 0.454 e. The monoisotopic (exact) mass is 378 g/mol. The summed E-state index contributed by atoms with van der Waals surface area (Å²) in [6.07, 6.45) is 8.37. The number of ether oxygens (including phenoxy) is 4. The number of fused-ring (bicyclic) bond motifs is 2. The molecule has 6 nitrogen and oxygen atoms in total. The second kappa shape index (κ2) is 7.54. The molecule has 0 radical (unpaired) electrons. The van der Waals surface area contributed by atoms with Crippen molar-refractivity contribution in [2.45, 2.75) is 37.8 Å². The van der Waals surface area contributed by atoms with Crippen molar-refractivity contribution in [1.29, 1.82) is 0 Å². The Morgan fingerprint density at radius 1 is 0.643 bits per heavy atom. The molecule has 0 saturated heterocycles. The summed E-state index contributed by atoms with van der Waals surface area (Å²) in [5.41, 5.74) is 2.04. The molecule has 28 heavy (non-hydrogen) atoms. The van der Waals surface area contributed by atoms with E-state index in [1.54, 1.807) is 0 Å². The quantitative estimate of drug-likeness (QED) is 0.755. The summed E-state index contributed by atoms with van der Waals surface area (Å²) in [6.45, 7) is 0.574. The Morgan fingerprint density at radius 2 is 1.11 bits per heavy atom. The molecule has 5 rings (SSSR count). The van der Waals surface area contributed by atoms with Gasteiger partial charge in [-0.2, -0.15) is 0 Å². The van der Waals surface area contributed by atoms with E-state index in [9.17, 15) is 0 Å². The van der Waals surface area contributed by atoms with Crippen LogP contribution in [0.3, 0.4) is 0 Å². The van der Waals surface area contributed by atoms with Crippen molar-refractivity contribution in [3.8, 4) is 23.0 Å². The van der Waals surface area contributed by atoms with E-state index in [1.165, 1.54) is 12.8 Å². The third-order valence-corrected chi connectivity index (χ3v) is 5.32. The van der Waals surface area contributed by atoms with Gasteiger partial charge in [-0.1, -0.05) is 12.8 Å². The molecule has 2 aromatic rings. The summed E-state index contributed by atoms with van der Waals surface area (Å²) in [6, 6.07) is 12.2. The van der Waals surface area contributed by atoms with Gasteiger partial charge in [-0.15, -0.1) is 0 Å². The minimum absolute atomic E-state index is 0.199. The van der Waals surface area contributed by atoms with E-state index in [0.717, 1.165) is 47.0 Å². The number of hydrogen-bond acceptors (Lipinski definition) is 6. The van der Waals surface area contributed by atoms with Crippen molar-refractivity contribution in [2.24, 2.45) is 9.98 Å². The normalized spacial score (nSPS) is 23.0. The standard InChI is InChI=1S/C22H22N2O4/c1-2-4-18(24-12-16-6-8-20-22(10-16)28-14-26-20)17(3-1)23-11-15-5-7-19-21(9-15)27-13-25-19/h5-12,17-18H,1-4,13-14H2. The van der Waals surface area contributed by atoms with Crippen LogP contribution < -0.4 is 18.9 Å². The third kappa shape index (κ3) is 3.54. The van der Waals surface area contributed by atoms with E-state index < -0.39 is 0 Å². The fourth-order valence-corrected chi connectivity index (χ4v) is 3.79. The van der Waals surface area contributed by atoms with E-state index in [0.29, 0.717) is 0 Å². The maximum absolute atomic E-state index is 5.44. The van der Waals surface area contributed by atoms with Crippen LogP contribution in [0.15, 0.2) is 46.4 Å². The Balaban J connectivity index is 1.29.